The largest absolute Gasteiger partial charge is 0.457 e. The third kappa shape index (κ3) is 41.7. The Morgan fingerprint density at radius 1 is 0.408 bits per heavy atom. The van der Waals surface area contributed by atoms with Gasteiger partial charge in [-0.1, -0.05) is 239 Å². The standard InChI is InChI=1S/C45H90O4/c1-3-5-7-9-11-13-15-17-19-21-22-23-25-27-29-31-33-35-37-39-41-48-43-44(42-46)49-45(47)40-38-36-34-32-30-28-26-24-20-18-16-14-12-10-8-6-4-2/h44,46H,3-43H2,1-2H3. The van der Waals surface area contributed by atoms with Gasteiger partial charge in [0.1, 0.15) is 6.10 Å². The second kappa shape index (κ2) is 43.6. The number of carbonyl (C=O) groups is 1. The van der Waals surface area contributed by atoms with Crippen molar-refractivity contribution in [1.29, 1.82) is 0 Å². The number of esters is 1. The summed E-state index contributed by atoms with van der Waals surface area (Å²) in [5, 5.41) is 9.61. The number of aliphatic hydroxyl groups is 1. The second-order valence-corrected chi connectivity index (χ2v) is 15.5. The van der Waals surface area contributed by atoms with E-state index in [2.05, 4.69) is 13.8 Å². The van der Waals surface area contributed by atoms with E-state index >= 15 is 0 Å². The maximum absolute atomic E-state index is 12.2. The van der Waals surface area contributed by atoms with Crippen LogP contribution in [0.3, 0.4) is 0 Å². The van der Waals surface area contributed by atoms with Gasteiger partial charge in [0.2, 0.25) is 0 Å². The number of ether oxygens (including phenoxy) is 2. The van der Waals surface area contributed by atoms with Gasteiger partial charge in [-0.05, 0) is 12.8 Å². The molecule has 294 valence electrons. The molecule has 0 radical (unpaired) electrons. The van der Waals surface area contributed by atoms with Gasteiger partial charge in [-0.3, -0.25) is 4.79 Å². The third-order valence-corrected chi connectivity index (χ3v) is 10.4. The van der Waals surface area contributed by atoms with E-state index in [-0.39, 0.29) is 12.6 Å². The van der Waals surface area contributed by atoms with Crippen molar-refractivity contribution < 1.29 is 19.4 Å². The summed E-state index contributed by atoms with van der Waals surface area (Å²) in [5.74, 6) is -0.192. The molecule has 0 fully saturated rings. The lowest BCUT2D eigenvalue weighted by molar-refractivity contribution is -0.154. The summed E-state index contributed by atoms with van der Waals surface area (Å²) in [6, 6.07) is 0. The minimum absolute atomic E-state index is 0.163. The number of carbonyl (C=O) groups excluding carboxylic acids is 1. The summed E-state index contributed by atoms with van der Waals surface area (Å²) >= 11 is 0. The average Bonchev–Trinajstić information content (AvgIpc) is 3.11. The maximum atomic E-state index is 12.2. The normalized spacial score (nSPS) is 12.1. The molecule has 1 N–H and O–H groups in total. The van der Waals surface area contributed by atoms with Crippen LogP contribution in [0, 0.1) is 0 Å². The van der Waals surface area contributed by atoms with Crippen LogP contribution < -0.4 is 0 Å². The zero-order valence-corrected chi connectivity index (χ0v) is 33.7. The van der Waals surface area contributed by atoms with Crippen molar-refractivity contribution in [2.45, 2.75) is 264 Å². The average molecular weight is 695 g/mol. The Hall–Kier alpha value is -0.610. The topological polar surface area (TPSA) is 55.8 Å². The van der Waals surface area contributed by atoms with Crippen molar-refractivity contribution in [2.75, 3.05) is 19.8 Å². The molecule has 0 heterocycles. The minimum Gasteiger partial charge on any atom is -0.457 e. The van der Waals surface area contributed by atoms with E-state index in [0.29, 0.717) is 19.6 Å². The van der Waals surface area contributed by atoms with Gasteiger partial charge in [-0.2, -0.15) is 0 Å². The van der Waals surface area contributed by atoms with Crippen LogP contribution in [0.4, 0.5) is 0 Å². The van der Waals surface area contributed by atoms with Crippen LogP contribution in [-0.4, -0.2) is 37.0 Å². The first kappa shape index (κ1) is 48.4. The lowest BCUT2D eigenvalue weighted by Crippen LogP contribution is -2.27. The van der Waals surface area contributed by atoms with Crippen molar-refractivity contribution in [1.82, 2.24) is 0 Å². The van der Waals surface area contributed by atoms with Gasteiger partial charge in [-0.15, -0.1) is 0 Å². The number of unbranched alkanes of at least 4 members (excludes halogenated alkanes) is 35. The fraction of sp³-hybridized carbons (Fsp3) is 0.978. The van der Waals surface area contributed by atoms with E-state index in [4.69, 9.17) is 9.47 Å². The quantitative estimate of drug-likeness (QED) is 0.0510. The monoisotopic (exact) mass is 695 g/mol. The predicted octanol–water partition coefficient (Wildman–Crippen LogP) is 14.8. The summed E-state index contributed by atoms with van der Waals surface area (Å²) in [6.07, 6.45) is 50.3. The maximum Gasteiger partial charge on any atom is 0.306 e. The van der Waals surface area contributed by atoms with Gasteiger partial charge >= 0.3 is 5.97 Å². The zero-order chi connectivity index (χ0) is 35.6. The van der Waals surface area contributed by atoms with Crippen LogP contribution in [0.5, 0.6) is 0 Å². The van der Waals surface area contributed by atoms with Crippen molar-refractivity contribution >= 4 is 5.97 Å². The molecule has 0 saturated heterocycles. The Labute approximate surface area is 308 Å². The molecule has 0 saturated carbocycles. The summed E-state index contributed by atoms with van der Waals surface area (Å²) < 4.78 is 11.2. The lowest BCUT2D eigenvalue weighted by atomic mass is 10.0. The summed E-state index contributed by atoms with van der Waals surface area (Å²) in [5.41, 5.74) is 0. The van der Waals surface area contributed by atoms with Crippen LogP contribution in [-0.2, 0) is 14.3 Å². The summed E-state index contributed by atoms with van der Waals surface area (Å²) in [4.78, 5) is 12.2. The van der Waals surface area contributed by atoms with E-state index in [1.165, 1.54) is 218 Å². The summed E-state index contributed by atoms with van der Waals surface area (Å²) in [6.45, 7) is 5.41. The smallest absolute Gasteiger partial charge is 0.306 e. The first-order valence-electron chi connectivity index (χ1n) is 22.6. The van der Waals surface area contributed by atoms with Crippen LogP contribution in [0.2, 0.25) is 0 Å². The van der Waals surface area contributed by atoms with Gasteiger partial charge in [0, 0.05) is 13.0 Å². The van der Waals surface area contributed by atoms with Gasteiger partial charge in [-0.25, -0.2) is 0 Å². The Morgan fingerprint density at radius 3 is 0.959 bits per heavy atom. The van der Waals surface area contributed by atoms with E-state index in [1.807, 2.05) is 0 Å². The molecule has 4 heteroatoms. The zero-order valence-electron chi connectivity index (χ0n) is 33.7. The summed E-state index contributed by atoms with van der Waals surface area (Å²) in [7, 11) is 0. The number of hydrogen-bond donors (Lipinski definition) is 1. The highest BCUT2D eigenvalue weighted by molar-refractivity contribution is 5.69. The Morgan fingerprint density at radius 2 is 0.673 bits per heavy atom. The number of aliphatic hydroxyl groups excluding tert-OH is 1. The molecule has 1 unspecified atom stereocenters. The van der Waals surface area contributed by atoms with E-state index < -0.39 is 6.10 Å². The molecule has 4 nitrogen and oxygen atoms in total. The Bertz CT molecular complexity index is 609. The number of hydrogen-bond acceptors (Lipinski definition) is 4. The molecule has 0 aromatic carbocycles. The molecule has 0 rings (SSSR count). The molecule has 0 amide bonds. The van der Waals surface area contributed by atoms with E-state index in [1.54, 1.807) is 0 Å². The molecule has 0 bridgehead atoms. The molecule has 0 aromatic rings. The van der Waals surface area contributed by atoms with Crippen molar-refractivity contribution in [3.8, 4) is 0 Å². The molecule has 0 aliphatic rings. The Balaban J connectivity index is 3.34. The van der Waals surface area contributed by atoms with Gasteiger partial charge in [0.05, 0.1) is 13.2 Å². The highest BCUT2D eigenvalue weighted by Gasteiger charge is 2.13. The fourth-order valence-electron chi connectivity index (χ4n) is 7.04. The van der Waals surface area contributed by atoms with Gasteiger partial charge in [0.15, 0.2) is 0 Å². The van der Waals surface area contributed by atoms with Crippen molar-refractivity contribution in [3.63, 3.8) is 0 Å². The van der Waals surface area contributed by atoms with Crippen molar-refractivity contribution in [3.05, 3.63) is 0 Å². The van der Waals surface area contributed by atoms with E-state index in [0.717, 1.165) is 19.3 Å². The SMILES string of the molecule is CCCCCCCCCCCCCCCCCCCCCCOCC(CO)OC(=O)CCCCCCCCCCCCCCCCCCC. The van der Waals surface area contributed by atoms with E-state index in [9.17, 15) is 9.90 Å². The minimum atomic E-state index is -0.525. The molecule has 0 spiro atoms. The molecule has 0 aliphatic carbocycles. The molecule has 1 atom stereocenters. The number of rotatable bonds is 43. The van der Waals surface area contributed by atoms with Crippen LogP contribution in [0.15, 0.2) is 0 Å². The lowest BCUT2D eigenvalue weighted by Gasteiger charge is -2.16. The molecular weight excluding hydrogens is 604 g/mol. The molecule has 0 aromatic heterocycles. The predicted molar refractivity (Wildman–Crippen MR) is 215 cm³/mol. The molecule has 0 aliphatic heterocycles. The second-order valence-electron chi connectivity index (χ2n) is 15.5. The first-order valence-corrected chi connectivity index (χ1v) is 22.6. The first-order chi connectivity index (χ1) is 24.2. The highest BCUT2D eigenvalue weighted by atomic mass is 16.6. The van der Waals surface area contributed by atoms with Gasteiger partial charge in [0.25, 0.3) is 0 Å². The third-order valence-electron chi connectivity index (χ3n) is 10.4. The molecule has 49 heavy (non-hydrogen) atoms. The fourth-order valence-corrected chi connectivity index (χ4v) is 7.04. The van der Waals surface area contributed by atoms with Crippen LogP contribution in [0.1, 0.15) is 258 Å². The highest BCUT2D eigenvalue weighted by Crippen LogP contribution is 2.16. The van der Waals surface area contributed by atoms with Crippen LogP contribution >= 0.6 is 0 Å². The molecular formula is C45H90O4. The van der Waals surface area contributed by atoms with Crippen LogP contribution in [0.25, 0.3) is 0 Å². The van der Waals surface area contributed by atoms with Crippen molar-refractivity contribution in [2.24, 2.45) is 0 Å². The van der Waals surface area contributed by atoms with Gasteiger partial charge < -0.3 is 14.6 Å². The Kier molecular flexibility index (Phi) is 43.0.